The van der Waals surface area contributed by atoms with E-state index in [1.807, 2.05) is 0 Å². The van der Waals surface area contributed by atoms with Crippen molar-refractivity contribution < 1.29 is 13.2 Å². The van der Waals surface area contributed by atoms with Crippen molar-refractivity contribution in [3.05, 3.63) is 24.3 Å². The Kier molecular flexibility index (Phi) is 3.92. The number of hydrogen-bond donors (Lipinski definition) is 1. The first-order valence-corrected chi connectivity index (χ1v) is 8.04. The van der Waals surface area contributed by atoms with Crippen molar-refractivity contribution in [2.45, 2.75) is 36.8 Å². The van der Waals surface area contributed by atoms with Gasteiger partial charge >= 0.3 is 0 Å². The summed E-state index contributed by atoms with van der Waals surface area (Å²) in [6.07, 6.45) is 3.38. The van der Waals surface area contributed by atoms with E-state index in [2.05, 4.69) is 12.2 Å². The molecule has 0 spiro atoms. The van der Waals surface area contributed by atoms with Crippen molar-refractivity contribution in [2.24, 2.45) is 0 Å². The molecule has 0 amide bonds. The molecule has 18 heavy (non-hydrogen) atoms. The molecule has 1 aliphatic heterocycles. The first-order valence-electron chi connectivity index (χ1n) is 6.15. The van der Waals surface area contributed by atoms with Gasteiger partial charge < -0.3 is 10.1 Å². The predicted molar refractivity (Wildman–Crippen MR) is 70.7 cm³/mol. The number of sulfone groups is 1. The number of benzene rings is 1. The SMILES string of the molecule is CC1CC(Oc2ccc(S(C)(=O)=O)cc2)CCN1. The Morgan fingerprint density at radius 1 is 1.28 bits per heavy atom. The van der Waals surface area contributed by atoms with Crippen LogP contribution in [-0.2, 0) is 9.84 Å². The van der Waals surface area contributed by atoms with Gasteiger partial charge in [-0.1, -0.05) is 0 Å². The fourth-order valence-electron chi connectivity index (χ4n) is 2.15. The summed E-state index contributed by atoms with van der Waals surface area (Å²) < 4.78 is 28.5. The molecule has 100 valence electrons. The Labute approximate surface area is 108 Å². The van der Waals surface area contributed by atoms with E-state index in [9.17, 15) is 8.42 Å². The van der Waals surface area contributed by atoms with Crippen LogP contribution < -0.4 is 10.1 Å². The largest absolute Gasteiger partial charge is 0.490 e. The van der Waals surface area contributed by atoms with Crippen molar-refractivity contribution in [1.29, 1.82) is 0 Å². The molecule has 1 heterocycles. The van der Waals surface area contributed by atoms with E-state index in [1.54, 1.807) is 24.3 Å². The molecule has 1 aromatic carbocycles. The lowest BCUT2D eigenvalue weighted by Gasteiger charge is -2.28. The average molecular weight is 269 g/mol. The third-order valence-electron chi connectivity index (χ3n) is 3.13. The molecule has 4 nitrogen and oxygen atoms in total. The second-order valence-corrected chi connectivity index (χ2v) is 6.88. The molecule has 0 radical (unpaired) electrons. The molecule has 2 unspecified atom stereocenters. The van der Waals surface area contributed by atoms with E-state index in [0.717, 1.165) is 25.1 Å². The number of hydrogen-bond acceptors (Lipinski definition) is 4. The van der Waals surface area contributed by atoms with Gasteiger partial charge in [-0.3, -0.25) is 0 Å². The quantitative estimate of drug-likeness (QED) is 0.905. The van der Waals surface area contributed by atoms with Crippen molar-refractivity contribution in [1.82, 2.24) is 5.32 Å². The monoisotopic (exact) mass is 269 g/mol. The molecule has 1 saturated heterocycles. The van der Waals surface area contributed by atoms with Crippen molar-refractivity contribution >= 4 is 9.84 Å². The van der Waals surface area contributed by atoms with Crippen LogP contribution in [0.25, 0.3) is 0 Å². The van der Waals surface area contributed by atoms with E-state index in [0.29, 0.717) is 10.9 Å². The molecule has 5 heteroatoms. The van der Waals surface area contributed by atoms with Gasteiger partial charge in [0.15, 0.2) is 9.84 Å². The summed E-state index contributed by atoms with van der Waals surface area (Å²) in [6, 6.07) is 7.11. The maximum Gasteiger partial charge on any atom is 0.175 e. The van der Waals surface area contributed by atoms with Gasteiger partial charge in [0.2, 0.25) is 0 Å². The van der Waals surface area contributed by atoms with Crippen LogP contribution >= 0.6 is 0 Å². The highest BCUT2D eigenvalue weighted by atomic mass is 32.2. The zero-order chi connectivity index (χ0) is 13.2. The summed E-state index contributed by atoms with van der Waals surface area (Å²) in [4.78, 5) is 0.327. The van der Waals surface area contributed by atoms with Gasteiger partial charge in [0.25, 0.3) is 0 Å². The molecular weight excluding hydrogens is 250 g/mol. The van der Waals surface area contributed by atoms with Crippen LogP contribution in [0.3, 0.4) is 0 Å². The second kappa shape index (κ2) is 5.28. The molecule has 0 bridgehead atoms. The van der Waals surface area contributed by atoms with Crippen LogP contribution in [0.15, 0.2) is 29.2 Å². The lowest BCUT2D eigenvalue weighted by molar-refractivity contribution is 0.144. The fraction of sp³-hybridized carbons (Fsp3) is 0.538. The maximum atomic E-state index is 11.3. The zero-order valence-electron chi connectivity index (χ0n) is 10.7. The van der Waals surface area contributed by atoms with Crippen molar-refractivity contribution in [2.75, 3.05) is 12.8 Å². The number of piperidine rings is 1. The van der Waals surface area contributed by atoms with Crippen LogP contribution in [0.4, 0.5) is 0 Å². The van der Waals surface area contributed by atoms with Gasteiger partial charge in [0.05, 0.1) is 4.90 Å². The average Bonchev–Trinajstić information content (AvgIpc) is 2.28. The number of rotatable bonds is 3. The maximum absolute atomic E-state index is 11.3. The third kappa shape index (κ3) is 3.46. The highest BCUT2D eigenvalue weighted by Crippen LogP contribution is 2.20. The summed E-state index contributed by atoms with van der Waals surface area (Å²) in [7, 11) is -3.13. The minimum absolute atomic E-state index is 0.213. The Morgan fingerprint density at radius 3 is 2.50 bits per heavy atom. The lowest BCUT2D eigenvalue weighted by Crippen LogP contribution is -2.40. The van der Waals surface area contributed by atoms with Gasteiger partial charge in [-0.05, 0) is 50.6 Å². The van der Waals surface area contributed by atoms with Crippen LogP contribution in [0.5, 0.6) is 5.75 Å². The van der Waals surface area contributed by atoms with E-state index in [1.165, 1.54) is 6.26 Å². The Balaban J connectivity index is 2.02. The van der Waals surface area contributed by atoms with Crippen molar-refractivity contribution in [3.8, 4) is 5.75 Å². The minimum Gasteiger partial charge on any atom is -0.490 e. The Bertz CT molecular complexity index is 495. The van der Waals surface area contributed by atoms with Gasteiger partial charge in [-0.25, -0.2) is 8.42 Å². The summed E-state index contributed by atoms with van der Waals surface area (Å²) in [5.41, 5.74) is 0. The highest BCUT2D eigenvalue weighted by Gasteiger charge is 2.19. The first kappa shape index (κ1) is 13.4. The normalized spacial score (nSPS) is 24.8. The Morgan fingerprint density at radius 2 is 1.94 bits per heavy atom. The fourth-order valence-corrected chi connectivity index (χ4v) is 2.78. The number of nitrogens with one attached hydrogen (secondary N) is 1. The highest BCUT2D eigenvalue weighted by molar-refractivity contribution is 7.90. The minimum atomic E-state index is -3.13. The predicted octanol–water partition coefficient (Wildman–Crippen LogP) is 1.61. The smallest absolute Gasteiger partial charge is 0.175 e. The lowest BCUT2D eigenvalue weighted by atomic mass is 10.0. The zero-order valence-corrected chi connectivity index (χ0v) is 11.5. The van der Waals surface area contributed by atoms with E-state index < -0.39 is 9.84 Å². The van der Waals surface area contributed by atoms with E-state index in [4.69, 9.17) is 4.74 Å². The van der Waals surface area contributed by atoms with Crippen LogP contribution in [0.2, 0.25) is 0 Å². The van der Waals surface area contributed by atoms with Gasteiger partial charge in [0, 0.05) is 12.3 Å². The van der Waals surface area contributed by atoms with Gasteiger partial charge in [0.1, 0.15) is 11.9 Å². The van der Waals surface area contributed by atoms with Crippen LogP contribution in [0.1, 0.15) is 19.8 Å². The molecule has 1 N–H and O–H groups in total. The van der Waals surface area contributed by atoms with Gasteiger partial charge in [-0.15, -0.1) is 0 Å². The summed E-state index contributed by atoms with van der Waals surface area (Å²) in [6.45, 7) is 3.11. The van der Waals surface area contributed by atoms with E-state index in [-0.39, 0.29) is 6.10 Å². The molecule has 0 saturated carbocycles. The second-order valence-electron chi connectivity index (χ2n) is 4.86. The first-order chi connectivity index (χ1) is 8.45. The van der Waals surface area contributed by atoms with Crippen LogP contribution in [-0.4, -0.2) is 33.4 Å². The molecule has 1 aromatic rings. The molecule has 1 aliphatic rings. The summed E-state index contributed by atoms with van der Waals surface area (Å²) >= 11 is 0. The molecule has 0 aromatic heterocycles. The molecular formula is C13H19NO3S. The topological polar surface area (TPSA) is 55.4 Å². The molecule has 0 aliphatic carbocycles. The van der Waals surface area contributed by atoms with Gasteiger partial charge in [-0.2, -0.15) is 0 Å². The van der Waals surface area contributed by atoms with Crippen molar-refractivity contribution in [3.63, 3.8) is 0 Å². The molecule has 1 fully saturated rings. The molecule has 2 rings (SSSR count). The van der Waals surface area contributed by atoms with E-state index >= 15 is 0 Å². The summed E-state index contributed by atoms with van der Waals surface area (Å²) in [5, 5.41) is 3.37. The Hall–Kier alpha value is -1.07. The number of ether oxygens (including phenoxy) is 1. The van der Waals surface area contributed by atoms with Crippen LogP contribution in [0, 0.1) is 0 Å². The third-order valence-corrected chi connectivity index (χ3v) is 4.26. The molecule has 2 atom stereocenters. The summed E-state index contributed by atoms with van der Waals surface area (Å²) in [5.74, 6) is 0.738. The standard InChI is InChI=1S/C13H19NO3S/c1-10-9-12(7-8-14-10)17-11-3-5-13(6-4-11)18(2,15)16/h3-6,10,12,14H,7-9H2,1-2H3.